The quantitative estimate of drug-likeness (QED) is 0.702. The highest BCUT2D eigenvalue weighted by Gasteiger charge is 2.12. The first kappa shape index (κ1) is 12.8. The lowest BCUT2D eigenvalue weighted by Gasteiger charge is -2.18. The molecule has 0 bridgehead atoms. The van der Waals surface area contributed by atoms with Crippen molar-refractivity contribution >= 4 is 0 Å². The molecule has 88 valence electrons. The Hall–Kier alpha value is -1.28. The minimum absolute atomic E-state index is 0.297. The Morgan fingerprint density at radius 3 is 2.94 bits per heavy atom. The number of aromatic nitrogens is 1. The summed E-state index contributed by atoms with van der Waals surface area (Å²) >= 11 is 0. The standard InChI is InChI=1S/C14H22N2/c1-4-6-8-12(3)14(16-10-5-2)13-9-7-11-15-13/h4,6-9,11,14-16H,5,10H2,1-3H3/b6-4-,12-8+. The molecular formula is C14H22N2. The zero-order valence-corrected chi connectivity index (χ0v) is 10.5. The van der Waals surface area contributed by atoms with Gasteiger partial charge in [0.05, 0.1) is 6.04 Å². The molecule has 2 N–H and O–H groups in total. The highest BCUT2D eigenvalue weighted by Crippen LogP contribution is 2.19. The maximum atomic E-state index is 3.55. The van der Waals surface area contributed by atoms with Crippen molar-refractivity contribution < 1.29 is 0 Å². The number of aromatic amines is 1. The van der Waals surface area contributed by atoms with Crippen LogP contribution < -0.4 is 5.32 Å². The van der Waals surface area contributed by atoms with Gasteiger partial charge in [0.15, 0.2) is 0 Å². The highest BCUT2D eigenvalue weighted by atomic mass is 14.9. The van der Waals surface area contributed by atoms with E-state index >= 15 is 0 Å². The summed E-state index contributed by atoms with van der Waals surface area (Å²) in [6, 6.07) is 4.46. The molecule has 0 aliphatic heterocycles. The Morgan fingerprint density at radius 1 is 1.56 bits per heavy atom. The molecule has 1 aromatic heterocycles. The SMILES string of the molecule is C/C=C\C=C(/C)C(NCCC)c1ccc[nH]1. The lowest BCUT2D eigenvalue weighted by molar-refractivity contribution is 0.580. The molecule has 0 spiro atoms. The lowest BCUT2D eigenvalue weighted by Crippen LogP contribution is -2.23. The van der Waals surface area contributed by atoms with Gasteiger partial charge < -0.3 is 10.3 Å². The van der Waals surface area contributed by atoms with Crippen LogP contribution in [0.1, 0.15) is 38.9 Å². The summed E-state index contributed by atoms with van der Waals surface area (Å²) in [5.74, 6) is 0. The summed E-state index contributed by atoms with van der Waals surface area (Å²) in [6.07, 6.45) is 9.41. The van der Waals surface area contributed by atoms with E-state index in [0.29, 0.717) is 6.04 Å². The highest BCUT2D eigenvalue weighted by molar-refractivity contribution is 5.24. The molecule has 2 heteroatoms. The van der Waals surface area contributed by atoms with Crippen LogP contribution in [0, 0.1) is 0 Å². The summed E-state index contributed by atoms with van der Waals surface area (Å²) < 4.78 is 0. The molecule has 1 atom stereocenters. The second-order valence-corrected chi connectivity index (χ2v) is 3.95. The molecule has 1 rings (SSSR count). The Kier molecular flexibility index (Phi) is 5.65. The summed E-state index contributed by atoms with van der Waals surface area (Å²) in [7, 11) is 0. The van der Waals surface area contributed by atoms with E-state index in [1.54, 1.807) is 0 Å². The molecule has 0 fully saturated rings. The van der Waals surface area contributed by atoms with Crippen LogP contribution in [0.15, 0.2) is 42.1 Å². The second kappa shape index (κ2) is 7.07. The van der Waals surface area contributed by atoms with Crippen molar-refractivity contribution in [1.82, 2.24) is 10.3 Å². The molecule has 0 aliphatic rings. The fraction of sp³-hybridized carbons (Fsp3) is 0.429. The molecule has 16 heavy (non-hydrogen) atoms. The number of hydrogen-bond acceptors (Lipinski definition) is 1. The molecule has 0 amide bonds. The number of allylic oxidation sites excluding steroid dienone is 3. The zero-order valence-electron chi connectivity index (χ0n) is 10.5. The number of nitrogens with one attached hydrogen (secondary N) is 2. The summed E-state index contributed by atoms with van der Waals surface area (Å²) in [6.45, 7) is 7.41. The van der Waals surface area contributed by atoms with Gasteiger partial charge >= 0.3 is 0 Å². The van der Waals surface area contributed by atoms with Crippen molar-refractivity contribution in [1.29, 1.82) is 0 Å². The van der Waals surface area contributed by atoms with Crippen LogP contribution >= 0.6 is 0 Å². The Balaban J connectivity index is 2.79. The van der Waals surface area contributed by atoms with Crippen LogP contribution in [-0.2, 0) is 0 Å². The Labute approximate surface area is 98.5 Å². The van der Waals surface area contributed by atoms with Gasteiger partial charge in [-0.05, 0) is 38.9 Å². The van der Waals surface area contributed by atoms with E-state index in [1.165, 1.54) is 11.3 Å². The fourth-order valence-corrected chi connectivity index (χ4v) is 1.67. The van der Waals surface area contributed by atoms with Crippen molar-refractivity contribution in [2.75, 3.05) is 6.54 Å². The van der Waals surface area contributed by atoms with Crippen LogP contribution in [0.25, 0.3) is 0 Å². The third-order valence-electron chi connectivity index (χ3n) is 2.54. The Morgan fingerprint density at radius 2 is 2.38 bits per heavy atom. The minimum Gasteiger partial charge on any atom is -0.363 e. The second-order valence-electron chi connectivity index (χ2n) is 3.95. The van der Waals surface area contributed by atoms with Crippen LogP contribution in [0.5, 0.6) is 0 Å². The van der Waals surface area contributed by atoms with E-state index < -0.39 is 0 Å². The van der Waals surface area contributed by atoms with Gasteiger partial charge in [0, 0.05) is 11.9 Å². The van der Waals surface area contributed by atoms with Crippen LogP contribution in [0.3, 0.4) is 0 Å². The van der Waals surface area contributed by atoms with Gasteiger partial charge in [0.25, 0.3) is 0 Å². The first-order valence-electron chi connectivity index (χ1n) is 5.95. The predicted octanol–water partition coefficient (Wildman–Crippen LogP) is 3.58. The topological polar surface area (TPSA) is 27.8 Å². The van der Waals surface area contributed by atoms with Gasteiger partial charge in [0.1, 0.15) is 0 Å². The fourth-order valence-electron chi connectivity index (χ4n) is 1.67. The van der Waals surface area contributed by atoms with Crippen molar-refractivity contribution in [3.63, 3.8) is 0 Å². The minimum atomic E-state index is 0.297. The maximum absolute atomic E-state index is 3.55. The van der Waals surface area contributed by atoms with Gasteiger partial charge in [-0.25, -0.2) is 0 Å². The molecule has 2 nitrogen and oxygen atoms in total. The zero-order chi connectivity index (χ0) is 11.8. The number of rotatable bonds is 6. The molecule has 1 heterocycles. The monoisotopic (exact) mass is 218 g/mol. The van der Waals surface area contributed by atoms with Gasteiger partial charge in [-0.3, -0.25) is 0 Å². The van der Waals surface area contributed by atoms with Crippen molar-refractivity contribution in [2.45, 2.75) is 33.2 Å². The predicted molar refractivity (Wildman–Crippen MR) is 70.4 cm³/mol. The van der Waals surface area contributed by atoms with Gasteiger partial charge in [-0.1, -0.05) is 30.7 Å². The van der Waals surface area contributed by atoms with Gasteiger partial charge in [-0.15, -0.1) is 0 Å². The largest absolute Gasteiger partial charge is 0.363 e. The molecule has 0 aliphatic carbocycles. The van der Waals surface area contributed by atoms with Crippen LogP contribution in [0.2, 0.25) is 0 Å². The average molecular weight is 218 g/mol. The van der Waals surface area contributed by atoms with Crippen molar-refractivity contribution in [3.8, 4) is 0 Å². The molecule has 0 aromatic carbocycles. The normalized spacial score (nSPS) is 14.6. The van der Waals surface area contributed by atoms with Crippen molar-refractivity contribution in [2.24, 2.45) is 0 Å². The van der Waals surface area contributed by atoms with E-state index in [9.17, 15) is 0 Å². The maximum Gasteiger partial charge on any atom is 0.0688 e. The smallest absolute Gasteiger partial charge is 0.0688 e. The lowest BCUT2D eigenvalue weighted by atomic mass is 10.0. The third-order valence-corrected chi connectivity index (χ3v) is 2.54. The van der Waals surface area contributed by atoms with Crippen molar-refractivity contribution in [3.05, 3.63) is 47.8 Å². The van der Waals surface area contributed by atoms with Crippen LogP contribution in [-0.4, -0.2) is 11.5 Å². The van der Waals surface area contributed by atoms with Crippen LogP contribution in [0.4, 0.5) is 0 Å². The molecule has 0 saturated heterocycles. The average Bonchev–Trinajstić information content (AvgIpc) is 2.80. The van der Waals surface area contributed by atoms with E-state index in [2.05, 4.69) is 48.4 Å². The van der Waals surface area contributed by atoms with E-state index in [1.807, 2.05) is 19.2 Å². The van der Waals surface area contributed by atoms with E-state index in [-0.39, 0.29) is 0 Å². The molecule has 0 radical (unpaired) electrons. The first-order chi connectivity index (χ1) is 7.79. The first-order valence-corrected chi connectivity index (χ1v) is 5.95. The number of hydrogen-bond donors (Lipinski definition) is 2. The van der Waals surface area contributed by atoms with E-state index in [4.69, 9.17) is 0 Å². The number of H-pyrrole nitrogens is 1. The summed E-state index contributed by atoms with van der Waals surface area (Å²) in [4.78, 5) is 3.28. The Bertz CT molecular complexity index is 334. The molecular weight excluding hydrogens is 196 g/mol. The summed E-state index contributed by atoms with van der Waals surface area (Å²) in [5.41, 5.74) is 2.56. The molecule has 1 unspecified atom stereocenters. The third kappa shape index (κ3) is 3.70. The van der Waals surface area contributed by atoms with Gasteiger partial charge in [0.2, 0.25) is 0 Å². The molecule has 0 saturated carbocycles. The van der Waals surface area contributed by atoms with E-state index in [0.717, 1.165) is 13.0 Å². The molecule has 1 aromatic rings. The van der Waals surface area contributed by atoms with Gasteiger partial charge in [-0.2, -0.15) is 0 Å². The summed E-state index contributed by atoms with van der Waals surface area (Å²) in [5, 5.41) is 3.55.